The Bertz CT molecular complexity index is 271. The van der Waals surface area contributed by atoms with Crippen molar-refractivity contribution in [3.8, 4) is 0 Å². The van der Waals surface area contributed by atoms with Crippen LogP contribution in [-0.2, 0) is 0 Å². The number of nitrogens with two attached hydrogens (primary N) is 2. The number of thiazole rings is 1. The number of carbonyl (C=O) groups is 1. The van der Waals surface area contributed by atoms with Gasteiger partial charge in [0.2, 0.25) is 0 Å². The van der Waals surface area contributed by atoms with Crippen LogP contribution in [0.2, 0.25) is 0 Å². The number of hydrogen-bond acceptors (Lipinski definition) is 4. The van der Waals surface area contributed by atoms with Crippen LogP contribution in [0.3, 0.4) is 0 Å². The molecule has 0 saturated carbocycles. The first-order valence-corrected chi connectivity index (χ1v) is 3.94. The van der Waals surface area contributed by atoms with E-state index in [9.17, 15) is 4.79 Å². The van der Waals surface area contributed by atoms with Crippen molar-refractivity contribution in [3.05, 3.63) is 9.61 Å². The number of rotatable bonds is 1. The Balaban J connectivity index is 3.15. The fourth-order valence-electron chi connectivity index (χ4n) is 0.481. The first-order valence-electron chi connectivity index (χ1n) is 2.33. The Morgan fingerprint density at radius 2 is 2.30 bits per heavy atom. The molecule has 0 aliphatic carbocycles. The van der Waals surface area contributed by atoms with E-state index in [1.165, 1.54) is 11.3 Å². The van der Waals surface area contributed by atoms with Crippen LogP contribution in [0.1, 0.15) is 10.5 Å². The van der Waals surface area contributed by atoms with E-state index in [0.29, 0.717) is 8.92 Å². The summed E-state index contributed by atoms with van der Waals surface area (Å²) in [6.07, 6.45) is 0. The second kappa shape index (κ2) is 2.55. The van der Waals surface area contributed by atoms with Crippen molar-refractivity contribution in [2.24, 2.45) is 5.73 Å². The number of anilines is 1. The summed E-state index contributed by atoms with van der Waals surface area (Å²) in [5.41, 5.74) is 10.4. The van der Waals surface area contributed by atoms with Crippen LogP contribution < -0.4 is 11.5 Å². The van der Waals surface area contributed by atoms with Crippen LogP contribution in [-0.4, -0.2) is 10.9 Å². The molecule has 4 nitrogen and oxygen atoms in total. The Kier molecular flexibility index (Phi) is 1.91. The smallest absolute Gasteiger partial charge is 0.270 e. The predicted octanol–water partition coefficient (Wildman–Crippen LogP) is 0.587. The second-order valence-electron chi connectivity index (χ2n) is 1.54. The molecule has 0 aliphatic rings. The number of nitrogen functional groups attached to an aromatic ring is 1. The summed E-state index contributed by atoms with van der Waals surface area (Å²) in [6, 6.07) is 0. The van der Waals surface area contributed by atoms with E-state index in [1.807, 2.05) is 0 Å². The van der Waals surface area contributed by atoms with Crippen molar-refractivity contribution in [2.45, 2.75) is 0 Å². The first-order chi connectivity index (χ1) is 4.61. The van der Waals surface area contributed by atoms with Gasteiger partial charge in [0.1, 0.15) is 5.00 Å². The number of hydrogen-bond donors (Lipinski definition) is 2. The number of nitrogens with zero attached hydrogens (tertiary/aromatic N) is 1. The molecule has 0 radical (unpaired) electrons. The van der Waals surface area contributed by atoms with Gasteiger partial charge in [-0.15, -0.1) is 0 Å². The Morgan fingerprint density at radius 3 is 2.50 bits per heavy atom. The molecule has 1 aromatic rings. The molecule has 1 rings (SSSR count). The van der Waals surface area contributed by atoms with Crippen LogP contribution in [0, 0.1) is 0 Å². The molecule has 1 amide bonds. The van der Waals surface area contributed by atoms with Gasteiger partial charge in [-0.2, -0.15) is 0 Å². The topological polar surface area (TPSA) is 82.0 Å². The Labute approximate surface area is 69.4 Å². The average Bonchev–Trinajstić information content (AvgIpc) is 2.10. The van der Waals surface area contributed by atoms with E-state index in [2.05, 4.69) is 20.9 Å². The van der Waals surface area contributed by atoms with Crippen molar-refractivity contribution in [1.82, 2.24) is 4.98 Å². The van der Waals surface area contributed by atoms with Crippen molar-refractivity contribution < 1.29 is 4.79 Å². The van der Waals surface area contributed by atoms with Crippen molar-refractivity contribution >= 4 is 38.2 Å². The van der Waals surface area contributed by atoms with E-state index in [0.717, 1.165) is 0 Å². The zero-order valence-corrected chi connectivity index (χ0v) is 7.20. The largest absolute Gasteiger partial charge is 0.389 e. The van der Waals surface area contributed by atoms with Gasteiger partial charge in [-0.1, -0.05) is 11.3 Å². The molecule has 0 atom stereocenters. The van der Waals surface area contributed by atoms with E-state index in [4.69, 9.17) is 11.5 Å². The molecule has 54 valence electrons. The molecular weight excluding hydrogens is 218 g/mol. The van der Waals surface area contributed by atoms with Crippen molar-refractivity contribution in [1.29, 1.82) is 0 Å². The summed E-state index contributed by atoms with van der Waals surface area (Å²) in [4.78, 5) is 14.2. The zero-order valence-electron chi connectivity index (χ0n) is 4.80. The van der Waals surface area contributed by atoms with Gasteiger partial charge in [-0.3, -0.25) is 4.79 Å². The summed E-state index contributed by atoms with van der Waals surface area (Å²) >= 11 is 4.25. The van der Waals surface area contributed by atoms with E-state index >= 15 is 0 Å². The van der Waals surface area contributed by atoms with Gasteiger partial charge in [0.05, 0.1) is 0 Å². The highest BCUT2D eigenvalue weighted by molar-refractivity contribution is 9.11. The summed E-state index contributed by atoms with van der Waals surface area (Å²) in [5, 5.41) is 0.347. The zero-order chi connectivity index (χ0) is 7.72. The lowest BCUT2D eigenvalue weighted by Gasteiger charge is -1.86. The van der Waals surface area contributed by atoms with Gasteiger partial charge < -0.3 is 11.5 Å². The lowest BCUT2D eigenvalue weighted by Crippen LogP contribution is -2.12. The van der Waals surface area contributed by atoms with Gasteiger partial charge >= 0.3 is 0 Å². The summed E-state index contributed by atoms with van der Waals surface area (Å²) < 4.78 is 0.568. The molecule has 0 spiro atoms. The molecule has 0 unspecified atom stereocenters. The molecule has 0 bridgehead atoms. The molecule has 0 fully saturated rings. The Hall–Kier alpha value is -0.620. The van der Waals surface area contributed by atoms with Crippen LogP contribution in [0.15, 0.2) is 3.92 Å². The SMILES string of the molecule is NC(=O)c1nc(Br)sc1N. The lowest BCUT2D eigenvalue weighted by atomic mass is 10.4. The van der Waals surface area contributed by atoms with Crippen LogP contribution in [0.4, 0.5) is 5.00 Å². The molecule has 0 saturated heterocycles. The maximum Gasteiger partial charge on any atom is 0.270 e. The normalized spacial score (nSPS) is 9.70. The standard InChI is InChI=1S/C4H4BrN3OS/c5-4-8-1(2(6)9)3(7)10-4/h7H2,(H2,6,9). The third kappa shape index (κ3) is 1.27. The molecule has 6 heteroatoms. The van der Waals surface area contributed by atoms with E-state index in [-0.39, 0.29) is 5.69 Å². The molecule has 1 aromatic heterocycles. The highest BCUT2D eigenvalue weighted by Crippen LogP contribution is 2.24. The highest BCUT2D eigenvalue weighted by Gasteiger charge is 2.10. The fraction of sp³-hybridized carbons (Fsp3) is 0. The summed E-state index contributed by atoms with van der Waals surface area (Å²) in [5.74, 6) is -0.598. The van der Waals surface area contributed by atoms with Crippen molar-refractivity contribution in [3.63, 3.8) is 0 Å². The van der Waals surface area contributed by atoms with Gasteiger partial charge in [0.25, 0.3) is 5.91 Å². The molecule has 10 heavy (non-hydrogen) atoms. The number of carbonyl (C=O) groups excluding carboxylic acids is 1. The van der Waals surface area contributed by atoms with E-state index < -0.39 is 5.91 Å². The third-order valence-electron chi connectivity index (χ3n) is 0.861. The number of aromatic nitrogens is 1. The minimum absolute atomic E-state index is 0.136. The third-order valence-corrected chi connectivity index (χ3v) is 2.20. The number of amides is 1. The fourth-order valence-corrected chi connectivity index (χ4v) is 1.74. The molecular formula is C4H4BrN3OS. The molecule has 4 N–H and O–H groups in total. The maximum atomic E-state index is 10.5. The van der Waals surface area contributed by atoms with Gasteiger partial charge in [-0.25, -0.2) is 4.98 Å². The van der Waals surface area contributed by atoms with Crippen LogP contribution in [0.25, 0.3) is 0 Å². The predicted molar refractivity (Wildman–Crippen MR) is 42.7 cm³/mol. The first kappa shape index (κ1) is 7.49. The molecule has 1 heterocycles. The monoisotopic (exact) mass is 221 g/mol. The summed E-state index contributed by atoms with van der Waals surface area (Å²) in [7, 11) is 0. The van der Waals surface area contributed by atoms with Gasteiger partial charge in [0, 0.05) is 0 Å². The number of primary amides is 1. The van der Waals surface area contributed by atoms with Crippen LogP contribution >= 0.6 is 27.3 Å². The molecule has 0 aromatic carbocycles. The molecule has 0 aliphatic heterocycles. The number of halogens is 1. The maximum absolute atomic E-state index is 10.5. The van der Waals surface area contributed by atoms with Gasteiger partial charge in [0.15, 0.2) is 9.61 Å². The summed E-state index contributed by atoms with van der Waals surface area (Å²) in [6.45, 7) is 0. The average molecular weight is 222 g/mol. The minimum Gasteiger partial charge on any atom is -0.389 e. The minimum atomic E-state index is -0.598. The Morgan fingerprint density at radius 1 is 1.70 bits per heavy atom. The van der Waals surface area contributed by atoms with Gasteiger partial charge in [-0.05, 0) is 15.9 Å². The van der Waals surface area contributed by atoms with E-state index in [1.54, 1.807) is 0 Å². The highest BCUT2D eigenvalue weighted by atomic mass is 79.9. The van der Waals surface area contributed by atoms with Crippen LogP contribution in [0.5, 0.6) is 0 Å². The second-order valence-corrected chi connectivity index (χ2v) is 3.85. The quantitative estimate of drug-likeness (QED) is 0.729. The lowest BCUT2D eigenvalue weighted by molar-refractivity contribution is 0.0997. The van der Waals surface area contributed by atoms with Crippen molar-refractivity contribution in [2.75, 3.05) is 5.73 Å².